The van der Waals surface area contributed by atoms with Gasteiger partial charge in [-0.1, -0.05) is 20.8 Å². The maximum absolute atomic E-state index is 9.25. The smallest absolute Gasteiger partial charge is 0.103 e. The third-order valence-corrected chi connectivity index (χ3v) is 5.18. The number of hydrogen-bond acceptors (Lipinski definition) is 3. The van der Waals surface area contributed by atoms with Crippen LogP contribution in [-0.4, -0.2) is 36.6 Å². The van der Waals surface area contributed by atoms with Gasteiger partial charge >= 0.3 is 0 Å². The Morgan fingerprint density at radius 2 is 1.90 bits per heavy atom. The summed E-state index contributed by atoms with van der Waals surface area (Å²) in [5, 5.41) is 12.5. The zero-order chi connectivity index (χ0) is 15.9. The van der Waals surface area contributed by atoms with Crippen LogP contribution in [0.25, 0.3) is 0 Å². The average Bonchev–Trinajstić information content (AvgIpc) is 2.43. The molecule has 1 atom stereocenters. The minimum Gasteiger partial charge on any atom is -0.303 e. The fourth-order valence-electron chi connectivity index (χ4n) is 3.42. The van der Waals surface area contributed by atoms with Gasteiger partial charge in [0.25, 0.3) is 0 Å². The molecule has 1 unspecified atom stereocenters. The van der Waals surface area contributed by atoms with Crippen molar-refractivity contribution in [2.75, 3.05) is 20.1 Å². The fourth-order valence-corrected chi connectivity index (χ4v) is 3.42. The molecule has 1 aliphatic rings. The third-order valence-electron chi connectivity index (χ3n) is 5.18. The lowest BCUT2D eigenvalue weighted by atomic mass is 9.75. The maximum atomic E-state index is 9.25. The summed E-state index contributed by atoms with van der Waals surface area (Å²) >= 11 is 0. The van der Waals surface area contributed by atoms with Crippen molar-refractivity contribution in [3.63, 3.8) is 0 Å². The van der Waals surface area contributed by atoms with Crippen LogP contribution in [0.5, 0.6) is 0 Å². The second-order valence-corrected chi connectivity index (χ2v) is 7.81. The summed E-state index contributed by atoms with van der Waals surface area (Å²) in [7, 11) is 2.27. The summed E-state index contributed by atoms with van der Waals surface area (Å²) in [6, 6.07) is 3.19. The van der Waals surface area contributed by atoms with Gasteiger partial charge in [0.05, 0.1) is 6.07 Å². The van der Waals surface area contributed by atoms with Gasteiger partial charge < -0.3 is 4.90 Å². The van der Waals surface area contributed by atoms with E-state index in [4.69, 9.17) is 0 Å². The van der Waals surface area contributed by atoms with E-state index in [-0.39, 0.29) is 5.54 Å². The van der Waals surface area contributed by atoms with Gasteiger partial charge in [0.2, 0.25) is 0 Å². The van der Waals surface area contributed by atoms with E-state index in [0.717, 1.165) is 25.4 Å². The molecule has 0 amide bonds. The second kappa shape index (κ2) is 8.15. The van der Waals surface area contributed by atoms with E-state index in [9.17, 15) is 5.26 Å². The topological polar surface area (TPSA) is 39.1 Å². The van der Waals surface area contributed by atoms with E-state index in [1.807, 2.05) is 6.92 Å². The van der Waals surface area contributed by atoms with Crippen LogP contribution in [0, 0.1) is 16.7 Å². The Morgan fingerprint density at radius 1 is 1.29 bits per heavy atom. The summed E-state index contributed by atoms with van der Waals surface area (Å²) in [5.74, 6) is 0. The molecule has 0 aromatic heterocycles. The molecule has 0 radical (unpaired) electrons. The molecule has 0 aliphatic heterocycles. The summed E-state index contributed by atoms with van der Waals surface area (Å²) < 4.78 is 0. The monoisotopic (exact) mass is 293 g/mol. The molecule has 0 saturated heterocycles. The van der Waals surface area contributed by atoms with Crippen molar-refractivity contribution >= 4 is 0 Å². The Hall–Kier alpha value is -0.590. The molecule has 0 heterocycles. The van der Waals surface area contributed by atoms with E-state index < -0.39 is 0 Å². The van der Waals surface area contributed by atoms with Crippen molar-refractivity contribution in [1.82, 2.24) is 10.2 Å². The molecule has 0 bridgehead atoms. The predicted octanol–water partition coefficient (Wildman–Crippen LogP) is 3.95. The molecule has 1 rings (SSSR count). The molecule has 3 heteroatoms. The highest BCUT2D eigenvalue weighted by Gasteiger charge is 2.28. The highest BCUT2D eigenvalue weighted by molar-refractivity contribution is 5.03. The van der Waals surface area contributed by atoms with Gasteiger partial charge in [-0.05, 0) is 77.4 Å². The highest BCUT2D eigenvalue weighted by Crippen LogP contribution is 2.36. The number of nitriles is 1. The minimum absolute atomic E-state index is 0.345. The number of nitrogens with zero attached hydrogens (tertiary/aromatic N) is 2. The molecule has 1 fully saturated rings. The highest BCUT2D eigenvalue weighted by atomic mass is 15.1. The first-order valence-corrected chi connectivity index (χ1v) is 8.68. The van der Waals surface area contributed by atoms with Gasteiger partial charge in [-0.25, -0.2) is 0 Å². The zero-order valence-corrected chi connectivity index (χ0v) is 14.8. The number of unbranched alkanes of at least 4 members (excludes halogenated alkanes) is 1. The van der Waals surface area contributed by atoms with Crippen molar-refractivity contribution in [1.29, 1.82) is 5.26 Å². The molecule has 1 N–H and O–H groups in total. The van der Waals surface area contributed by atoms with Gasteiger partial charge in [0, 0.05) is 6.04 Å². The van der Waals surface area contributed by atoms with Gasteiger partial charge in [-0.2, -0.15) is 5.26 Å². The van der Waals surface area contributed by atoms with Crippen molar-refractivity contribution in [2.24, 2.45) is 5.41 Å². The molecule has 3 nitrogen and oxygen atoms in total. The van der Waals surface area contributed by atoms with Crippen LogP contribution in [0.2, 0.25) is 0 Å². The number of rotatable bonds is 8. The molecule has 0 aromatic rings. The van der Waals surface area contributed by atoms with Gasteiger partial charge in [0.1, 0.15) is 5.54 Å². The zero-order valence-electron chi connectivity index (χ0n) is 14.8. The van der Waals surface area contributed by atoms with Crippen LogP contribution in [0.3, 0.4) is 0 Å². The standard InChI is InChI=1S/C18H35N3/c1-6-20-18(4,15-19)11-7-8-14-21(5)16-9-12-17(2,3)13-10-16/h16,20H,6-14H2,1-5H3. The molecular weight excluding hydrogens is 258 g/mol. The first-order chi connectivity index (χ1) is 9.82. The summed E-state index contributed by atoms with van der Waals surface area (Å²) in [6.45, 7) is 10.9. The third kappa shape index (κ3) is 6.36. The Labute approximate surface area is 132 Å². The molecule has 122 valence electrons. The molecular formula is C18H35N3. The van der Waals surface area contributed by atoms with E-state index >= 15 is 0 Å². The lowest BCUT2D eigenvalue weighted by molar-refractivity contribution is 0.126. The molecule has 1 saturated carbocycles. The number of nitrogens with one attached hydrogen (secondary N) is 1. The van der Waals surface area contributed by atoms with Crippen LogP contribution in [0.1, 0.15) is 72.6 Å². The Morgan fingerprint density at radius 3 is 2.43 bits per heavy atom. The summed E-state index contributed by atoms with van der Waals surface area (Å²) in [5.41, 5.74) is 0.208. The molecule has 21 heavy (non-hydrogen) atoms. The summed E-state index contributed by atoms with van der Waals surface area (Å²) in [6.07, 6.45) is 8.67. The Balaban J connectivity index is 2.22. The van der Waals surface area contributed by atoms with E-state index in [1.165, 1.54) is 38.6 Å². The van der Waals surface area contributed by atoms with Crippen molar-refractivity contribution < 1.29 is 0 Å². The number of hydrogen-bond donors (Lipinski definition) is 1. The second-order valence-electron chi connectivity index (χ2n) is 7.81. The molecule has 0 spiro atoms. The van der Waals surface area contributed by atoms with E-state index in [1.54, 1.807) is 0 Å². The van der Waals surface area contributed by atoms with E-state index in [0.29, 0.717) is 5.41 Å². The van der Waals surface area contributed by atoms with Crippen molar-refractivity contribution in [3.05, 3.63) is 0 Å². The van der Waals surface area contributed by atoms with E-state index in [2.05, 4.69) is 44.1 Å². The fraction of sp³-hybridized carbons (Fsp3) is 0.944. The van der Waals surface area contributed by atoms with Crippen LogP contribution in [0.15, 0.2) is 0 Å². The maximum Gasteiger partial charge on any atom is 0.103 e. The van der Waals surface area contributed by atoms with Crippen LogP contribution in [-0.2, 0) is 0 Å². The average molecular weight is 293 g/mol. The van der Waals surface area contributed by atoms with Crippen LogP contribution < -0.4 is 5.32 Å². The summed E-state index contributed by atoms with van der Waals surface area (Å²) in [4.78, 5) is 2.55. The van der Waals surface area contributed by atoms with Gasteiger partial charge in [-0.15, -0.1) is 0 Å². The first-order valence-electron chi connectivity index (χ1n) is 8.68. The SMILES string of the molecule is CCNC(C)(C#N)CCCCN(C)C1CCC(C)(C)CC1. The quantitative estimate of drug-likeness (QED) is 0.689. The van der Waals surface area contributed by atoms with Gasteiger partial charge in [-0.3, -0.25) is 5.32 Å². The van der Waals surface area contributed by atoms with Crippen molar-refractivity contribution in [2.45, 2.75) is 84.2 Å². The Kier molecular flexibility index (Phi) is 7.16. The van der Waals surface area contributed by atoms with Crippen molar-refractivity contribution in [3.8, 4) is 6.07 Å². The minimum atomic E-state index is -0.345. The molecule has 0 aromatic carbocycles. The van der Waals surface area contributed by atoms with Crippen LogP contribution >= 0.6 is 0 Å². The first kappa shape index (κ1) is 18.5. The predicted molar refractivity (Wildman–Crippen MR) is 90.2 cm³/mol. The lowest BCUT2D eigenvalue weighted by Gasteiger charge is -2.38. The largest absolute Gasteiger partial charge is 0.303 e. The lowest BCUT2D eigenvalue weighted by Crippen LogP contribution is -2.41. The van der Waals surface area contributed by atoms with Crippen LogP contribution in [0.4, 0.5) is 0 Å². The molecule has 1 aliphatic carbocycles. The normalized spacial score (nSPS) is 22.0. The van der Waals surface area contributed by atoms with Gasteiger partial charge in [0.15, 0.2) is 0 Å². The Bertz CT molecular complexity index is 335.